The summed E-state index contributed by atoms with van der Waals surface area (Å²) in [4.78, 5) is 43.3. The Balaban J connectivity index is 1.34. The van der Waals surface area contributed by atoms with Gasteiger partial charge in [-0.1, -0.05) is 0 Å². The van der Waals surface area contributed by atoms with Crippen LogP contribution in [0.2, 0.25) is 0 Å². The number of H-pyrrole nitrogens is 1. The third-order valence-corrected chi connectivity index (χ3v) is 6.08. The highest BCUT2D eigenvalue weighted by atomic mass is 16.2. The van der Waals surface area contributed by atoms with Gasteiger partial charge in [0.15, 0.2) is 0 Å². The number of benzene rings is 1. The SMILES string of the molecule is Cc1c[nH]c2ncnc(N3CCN(C(=O)Nc4ccc(C(=O)NCCN(C)C)cc4)[C@@H](C)C3)c12. The van der Waals surface area contributed by atoms with Crippen molar-refractivity contribution in [3.8, 4) is 0 Å². The van der Waals surface area contributed by atoms with E-state index in [0.717, 1.165) is 29.0 Å². The predicted molar refractivity (Wildman–Crippen MR) is 133 cm³/mol. The first kappa shape index (κ1) is 23.5. The van der Waals surface area contributed by atoms with E-state index in [2.05, 4.69) is 30.5 Å². The number of rotatable bonds is 6. The molecule has 3 heterocycles. The molecule has 10 heteroatoms. The molecule has 1 atom stereocenters. The van der Waals surface area contributed by atoms with Crippen LogP contribution in [0.4, 0.5) is 16.3 Å². The van der Waals surface area contributed by atoms with Gasteiger partial charge in [0, 0.05) is 56.2 Å². The summed E-state index contributed by atoms with van der Waals surface area (Å²) < 4.78 is 0. The standard InChI is InChI=1S/C24H32N8O2/c1-16-13-26-21-20(16)22(28-15-27-21)31-11-12-32(17(2)14-31)24(34)29-19-7-5-18(6-8-19)23(33)25-9-10-30(3)4/h5-8,13,15,17H,9-12,14H2,1-4H3,(H,25,33)(H,29,34)(H,26,27,28)/t17-/m0/s1. The summed E-state index contributed by atoms with van der Waals surface area (Å²) in [6.45, 7) is 7.37. The van der Waals surface area contributed by atoms with Crippen molar-refractivity contribution >= 4 is 34.5 Å². The number of piperazine rings is 1. The molecule has 1 fully saturated rings. The lowest BCUT2D eigenvalue weighted by atomic mass is 10.1. The lowest BCUT2D eigenvalue weighted by Gasteiger charge is -2.40. The van der Waals surface area contributed by atoms with E-state index in [4.69, 9.17) is 0 Å². The number of nitrogens with zero attached hydrogens (tertiary/aromatic N) is 5. The molecule has 0 spiro atoms. The topological polar surface area (TPSA) is 109 Å². The second-order valence-corrected chi connectivity index (χ2v) is 8.95. The first-order valence-electron chi connectivity index (χ1n) is 11.5. The fraction of sp³-hybridized carbons (Fsp3) is 0.417. The highest BCUT2D eigenvalue weighted by molar-refractivity contribution is 5.95. The van der Waals surface area contributed by atoms with E-state index in [-0.39, 0.29) is 18.0 Å². The molecule has 0 aliphatic carbocycles. The van der Waals surface area contributed by atoms with Crippen LogP contribution in [0, 0.1) is 6.92 Å². The van der Waals surface area contributed by atoms with Gasteiger partial charge in [-0.3, -0.25) is 4.79 Å². The van der Waals surface area contributed by atoms with Crippen LogP contribution < -0.4 is 15.5 Å². The number of likely N-dealkylation sites (N-methyl/N-ethyl adjacent to an activating group) is 1. The van der Waals surface area contributed by atoms with Crippen LogP contribution in [0.5, 0.6) is 0 Å². The number of urea groups is 1. The van der Waals surface area contributed by atoms with Gasteiger partial charge in [-0.05, 0) is 57.8 Å². The Labute approximate surface area is 199 Å². The Kier molecular flexibility index (Phi) is 6.97. The summed E-state index contributed by atoms with van der Waals surface area (Å²) in [5.74, 6) is 0.774. The van der Waals surface area contributed by atoms with Crippen LogP contribution in [-0.4, -0.2) is 89.6 Å². The van der Waals surface area contributed by atoms with E-state index in [1.54, 1.807) is 30.6 Å². The van der Waals surface area contributed by atoms with Crippen LogP contribution >= 0.6 is 0 Å². The molecule has 0 radical (unpaired) electrons. The molecule has 3 aromatic rings. The zero-order chi connectivity index (χ0) is 24.2. The van der Waals surface area contributed by atoms with E-state index >= 15 is 0 Å². The van der Waals surface area contributed by atoms with Crippen LogP contribution in [0.15, 0.2) is 36.8 Å². The molecule has 1 aliphatic heterocycles. The molecule has 0 bridgehead atoms. The minimum absolute atomic E-state index is 0.000221. The predicted octanol–water partition coefficient (Wildman–Crippen LogP) is 2.30. The Bertz CT molecular complexity index is 1160. The zero-order valence-electron chi connectivity index (χ0n) is 20.1. The lowest BCUT2D eigenvalue weighted by molar-refractivity contribution is 0.0951. The maximum absolute atomic E-state index is 13.0. The van der Waals surface area contributed by atoms with Crippen molar-refractivity contribution in [2.75, 3.05) is 57.0 Å². The number of amides is 3. The molecule has 1 saturated heterocycles. The number of aryl methyl sites for hydroxylation is 1. The van der Waals surface area contributed by atoms with Gasteiger partial charge in [-0.25, -0.2) is 14.8 Å². The maximum atomic E-state index is 13.0. The number of nitrogens with one attached hydrogen (secondary N) is 3. The number of carbonyl (C=O) groups is 2. The normalized spacial score (nSPS) is 16.2. The molecular weight excluding hydrogens is 432 g/mol. The molecule has 2 aromatic heterocycles. The summed E-state index contributed by atoms with van der Waals surface area (Å²) in [5.41, 5.74) is 3.15. The third-order valence-electron chi connectivity index (χ3n) is 6.08. The molecule has 1 aromatic carbocycles. The molecule has 3 amide bonds. The first-order valence-corrected chi connectivity index (χ1v) is 11.5. The van der Waals surface area contributed by atoms with E-state index in [0.29, 0.717) is 37.4 Å². The Morgan fingerprint density at radius 3 is 2.65 bits per heavy atom. The molecule has 0 saturated carbocycles. The highest BCUT2D eigenvalue weighted by Crippen LogP contribution is 2.27. The number of hydrogen-bond donors (Lipinski definition) is 3. The number of anilines is 2. The first-order chi connectivity index (χ1) is 16.3. The molecule has 3 N–H and O–H groups in total. The summed E-state index contributed by atoms with van der Waals surface area (Å²) in [7, 11) is 3.92. The quantitative estimate of drug-likeness (QED) is 0.517. The molecule has 34 heavy (non-hydrogen) atoms. The molecular formula is C24H32N8O2. The van der Waals surface area contributed by atoms with Gasteiger partial charge in [0.1, 0.15) is 17.8 Å². The summed E-state index contributed by atoms with van der Waals surface area (Å²) in [6, 6.07) is 6.81. The van der Waals surface area contributed by atoms with Crippen molar-refractivity contribution in [2.45, 2.75) is 19.9 Å². The van der Waals surface area contributed by atoms with Crippen molar-refractivity contribution in [1.29, 1.82) is 0 Å². The van der Waals surface area contributed by atoms with Gasteiger partial charge in [0.05, 0.1) is 5.39 Å². The van der Waals surface area contributed by atoms with E-state index in [1.165, 1.54) is 0 Å². The minimum Gasteiger partial charge on any atom is -0.352 e. The van der Waals surface area contributed by atoms with E-state index in [1.807, 2.05) is 43.9 Å². The van der Waals surface area contributed by atoms with Crippen LogP contribution in [0.1, 0.15) is 22.8 Å². The van der Waals surface area contributed by atoms with Crippen LogP contribution in [0.25, 0.3) is 11.0 Å². The van der Waals surface area contributed by atoms with Gasteiger partial charge in [-0.2, -0.15) is 0 Å². The average Bonchev–Trinajstić information content (AvgIpc) is 3.20. The number of carbonyl (C=O) groups excluding carboxylic acids is 2. The van der Waals surface area contributed by atoms with Gasteiger partial charge in [-0.15, -0.1) is 0 Å². The Hall–Kier alpha value is -3.66. The third kappa shape index (κ3) is 5.12. The van der Waals surface area contributed by atoms with Gasteiger partial charge >= 0.3 is 6.03 Å². The molecule has 10 nitrogen and oxygen atoms in total. The van der Waals surface area contributed by atoms with Crippen molar-refractivity contribution in [1.82, 2.24) is 30.1 Å². The summed E-state index contributed by atoms with van der Waals surface area (Å²) >= 11 is 0. The second kappa shape index (κ2) is 10.1. The molecule has 0 unspecified atom stereocenters. The number of hydrogen-bond acceptors (Lipinski definition) is 6. The van der Waals surface area contributed by atoms with Gasteiger partial charge in [0.2, 0.25) is 0 Å². The number of fused-ring (bicyclic) bond motifs is 1. The molecule has 1 aliphatic rings. The summed E-state index contributed by atoms with van der Waals surface area (Å²) in [5, 5.41) is 6.87. The maximum Gasteiger partial charge on any atom is 0.322 e. The number of aromatic amines is 1. The van der Waals surface area contributed by atoms with Crippen molar-refractivity contribution in [3.05, 3.63) is 47.9 Å². The smallest absolute Gasteiger partial charge is 0.322 e. The fourth-order valence-corrected chi connectivity index (χ4v) is 4.18. The molecule has 180 valence electrons. The average molecular weight is 465 g/mol. The van der Waals surface area contributed by atoms with Crippen molar-refractivity contribution in [3.63, 3.8) is 0 Å². The minimum atomic E-state index is -0.152. The molecule has 4 rings (SSSR count). The fourth-order valence-electron chi connectivity index (χ4n) is 4.18. The van der Waals surface area contributed by atoms with Gasteiger partial charge in [0.25, 0.3) is 5.91 Å². The zero-order valence-corrected chi connectivity index (χ0v) is 20.1. The largest absolute Gasteiger partial charge is 0.352 e. The monoisotopic (exact) mass is 464 g/mol. The van der Waals surface area contributed by atoms with Crippen LogP contribution in [-0.2, 0) is 0 Å². The lowest BCUT2D eigenvalue weighted by Crippen LogP contribution is -2.55. The van der Waals surface area contributed by atoms with Gasteiger partial charge < -0.3 is 30.3 Å². The van der Waals surface area contributed by atoms with Crippen molar-refractivity contribution in [2.24, 2.45) is 0 Å². The number of aromatic nitrogens is 3. The van der Waals surface area contributed by atoms with E-state index < -0.39 is 0 Å². The second-order valence-electron chi connectivity index (χ2n) is 8.95. The Morgan fingerprint density at radius 2 is 1.94 bits per heavy atom. The van der Waals surface area contributed by atoms with E-state index in [9.17, 15) is 9.59 Å². The van der Waals surface area contributed by atoms with Crippen molar-refractivity contribution < 1.29 is 9.59 Å². The Morgan fingerprint density at radius 1 is 1.18 bits per heavy atom. The summed E-state index contributed by atoms with van der Waals surface area (Å²) in [6.07, 6.45) is 3.51. The highest BCUT2D eigenvalue weighted by Gasteiger charge is 2.29. The van der Waals surface area contributed by atoms with Crippen LogP contribution in [0.3, 0.4) is 0 Å².